The molecule has 1 N–H and O–H groups in total. The molecule has 16 heavy (non-hydrogen) atoms. The molecule has 0 spiro atoms. The fraction of sp³-hybridized carbons (Fsp3) is 0.250. The molecule has 0 saturated heterocycles. The third-order valence-corrected chi connectivity index (χ3v) is 3.35. The smallest absolute Gasteiger partial charge is 0.146 e. The van der Waals surface area contributed by atoms with Gasteiger partial charge in [-0.25, -0.2) is 4.39 Å². The predicted molar refractivity (Wildman–Crippen MR) is 64.0 cm³/mol. The van der Waals surface area contributed by atoms with Crippen molar-refractivity contribution in [3.8, 4) is 0 Å². The number of hydrogen-bond acceptors (Lipinski definition) is 3. The van der Waals surface area contributed by atoms with Gasteiger partial charge in [0.1, 0.15) is 5.82 Å². The quantitative estimate of drug-likeness (QED) is 0.883. The van der Waals surface area contributed by atoms with E-state index in [0.29, 0.717) is 5.69 Å². The van der Waals surface area contributed by atoms with Gasteiger partial charge in [-0.15, -0.1) is 11.3 Å². The normalized spacial score (nSPS) is 12.6. The van der Waals surface area contributed by atoms with E-state index in [4.69, 9.17) is 0 Å². The van der Waals surface area contributed by atoms with Gasteiger partial charge in [0, 0.05) is 17.5 Å². The van der Waals surface area contributed by atoms with Crippen molar-refractivity contribution in [3.05, 3.63) is 52.2 Å². The molecule has 2 aromatic rings. The summed E-state index contributed by atoms with van der Waals surface area (Å²) in [6.07, 6.45) is 2.39. The van der Waals surface area contributed by atoms with E-state index in [1.165, 1.54) is 10.9 Å². The third-order valence-electron chi connectivity index (χ3n) is 2.45. The monoisotopic (exact) mass is 236 g/mol. The van der Waals surface area contributed by atoms with Crippen molar-refractivity contribution < 1.29 is 4.39 Å². The Balaban J connectivity index is 2.20. The second kappa shape index (κ2) is 5.18. The van der Waals surface area contributed by atoms with Crippen LogP contribution in [0, 0.1) is 5.82 Å². The minimum atomic E-state index is -0.251. The Labute approximate surface area is 98.2 Å². The van der Waals surface area contributed by atoms with Crippen LogP contribution in [0.5, 0.6) is 0 Å². The minimum absolute atomic E-state index is 0.0696. The summed E-state index contributed by atoms with van der Waals surface area (Å²) in [4.78, 5) is 5.32. The van der Waals surface area contributed by atoms with Crippen molar-refractivity contribution in [3.63, 3.8) is 0 Å². The summed E-state index contributed by atoms with van der Waals surface area (Å²) < 4.78 is 13.6. The van der Waals surface area contributed by atoms with E-state index in [-0.39, 0.29) is 11.9 Å². The molecule has 0 aromatic carbocycles. The molecular formula is C12H13FN2S. The van der Waals surface area contributed by atoms with E-state index >= 15 is 0 Å². The largest absolute Gasteiger partial charge is 0.311 e. The van der Waals surface area contributed by atoms with Crippen molar-refractivity contribution in [1.82, 2.24) is 10.3 Å². The molecule has 1 unspecified atom stereocenters. The van der Waals surface area contributed by atoms with Crippen LogP contribution in [0.2, 0.25) is 0 Å². The fourth-order valence-electron chi connectivity index (χ4n) is 1.62. The topological polar surface area (TPSA) is 24.9 Å². The molecular weight excluding hydrogens is 223 g/mol. The highest BCUT2D eigenvalue weighted by atomic mass is 32.1. The van der Waals surface area contributed by atoms with Crippen molar-refractivity contribution in [2.45, 2.75) is 12.5 Å². The number of pyridine rings is 1. The molecule has 0 saturated carbocycles. The third kappa shape index (κ3) is 2.46. The number of nitrogens with one attached hydrogen (secondary N) is 1. The van der Waals surface area contributed by atoms with Crippen molar-refractivity contribution in [1.29, 1.82) is 0 Å². The van der Waals surface area contributed by atoms with Crippen LogP contribution in [0.4, 0.5) is 4.39 Å². The van der Waals surface area contributed by atoms with Crippen LogP contribution in [0.3, 0.4) is 0 Å². The SMILES string of the molecule is CNC(Cc1cccs1)c1ncccc1F. The number of likely N-dealkylation sites (N-methyl/N-ethyl adjacent to an activating group) is 1. The number of hydrogen-bond donors (Lipinski definition) is 1. The molecule has 0 radical (unpaired) electrons. The van der Waals surface area contributed by atoms with Crippen LogP contribution >= 0.6 is 11.3 Å². The minimum Gasteiger partial charge on any atom is -0.311 e. The highest BCUT2D eigenvalue weighted by Crippen LogP contribution is 2.21. The lowest BCUT2D eigenvalue weighted by atomic mass is 10.1. The molecule has 0 aliphatic carbocycles. The predicted octanol–water partition coefficient (Wildman–Crippen LogP) is 2.79. The number of thiophene rings is 1. The second-order valence-electron chi connectivity index (χ2n) is 3.50. The second-order valence-corrected chi connectivity index (χ2v) is 4.53. The van der Waals surface area contributed by atoms with Gasteiger partial charge in [0.25, 0.3) is 0 Å². The van der Waals surface area contributed by atoms with E-state index < -0.39 is 0 Å². The van der Waals surface area contributed by atoms with E-state index in [1.807, 2.05) is 18.5 Å². The highest BCUT2D eigenvalue weighted by Gasteiger charge is 2.15. The van der Waals surface area contributed by atoms with Gasteiger partial charge in [0.05, 0.1) is 11.7 Å². The highest BCUT2D eigenvalue weighted by molar-refractivity contribution is 7.09. The summed E-state index contributed by atoms with van der Waals surface area (Å²) >= 11 is 1.68. The van der Waals surface area contributed by atoms with Gasteiger partial charge in [-0.3, -0.25) is 4.98 Å². The molecule has 0 aliphatic rings. The van der Waals surface area contributed by atoms with Crippen molar-refractivity contribution >= 4 is 11.3 Å². The Bertz CT molecular complexity index is 442. The van der Waals surface area contributed by atoms with Gasteiger partial charge < -0.3 is 5.32 Å². The summed E-state index contributed by atoms with van der Waals surface area (Å²) in [6.45, 7) is 0. The number of aromatic nitrogens is 1. The fourth-order valence-corrected chi connectivity index (χ4v) is 2.37. The zero-order valence-electron chi connectivity index (χ0n) is 8.98. The Kier molecular flexibility index (Phi) is 3.64. The Hall–Kier alpha value is -1.26. The molecule has 0 fully saturated rings. The lowest BCUT2D eigenvalue weighted by Gasteiger charge is -2.15. The van der Waals surface area contributed by atoms with Crippen LogP contribution in [-0.2, 0) is 6.42 Å². The zero-order valence-corrected chi connectivity index (χ0v) is 9.80. The first-order valence-corrected chi connectivity index (χ1v) is 5.99. The Morgan fingerprint density at radius 2 is 2.31 bits per heavy atom. The Morgan fingerprint density at radius 1 is 1.44 bits per heavy atom. The van der Waals surface area contributed by atoms with E-state index in [2.05, 4.69) is 16.4 Å². The van der Waals surface area contributed by atoms with Gasteiger partial charge in [0.15, 0.2) is 0 Å². The summed E-state index contributed by atoms with van der Waals surface area (Å²) in [5, 5.41) is 5.13. The maximum atomic E-state index is 13.6. The lowest BCUT2D eigenvalue weighted by Crippen LogP contribution is -2.20. The number of halogens is 1. The van der Waals surface area contributed by atoms with Crippen LogP contribution < -0.4 is 5.32 Å². The van der Waals surface area contributed by atoms with Crippen LogP contribution in [0.25, 0.3) is 0 Å². The first-order chi connectivity index (χ1) is 7.81. The lowest BCUT2D eigenvalue weighted by molar-refractivity contribution is 0.519. The van der Waals surface area contributed by atoms with Crippen molar-refractivity contribution in [2.75, 3.05) is 7.05 Å². The first kappa shape index (κ1) is 11.2. The molecule has 84 valence electrons. The van der Waals surface area contributed by atoms with Gasteiger partial charge in [-0.05, 0) is 30.6 Å². The van der Waals surface area contributed by atoms with E-state index in [9.17, 15) is 4.39 Å². The average molecular weight is 236 g/mol. The standard InChI is InChI=1S/C12H13FN2S/c1-14-11(8-9-4-3-7-16-9)12-10(13)5-2-6-15-12/h2-7,11,14H,8H2,1H3. The van der Waals surface area contributed by atoms with Gasteiger partial charge in [0.2, 0.25) is 0 Å². The molecule has 2 heterocycles. The summed E-state index contributed by atoms with van der Waals surface area (Å²) in [5.41, 5.74) is 0.485. The van der Waals surface area contributed by atoms with Crippen LogP contribution in [-0.4, -0.2) is 12.0 Å². The molecule has 1 atom stereocenters. The van der Waals surface area contributed by atoms with Crippen molar-refractivity contribution in [2.24, 2.45) is 0 Å². The molecule has 0 bridgehead atoms. The van der Waals surface area contributed by atoms with Gasteiger partial charge >= 0.3 is 0 Å². The van der Waals surface area contributed by atoms with Gasteiger partial charge in [-0.2, -0.15) is 0 Å². The molecule has 4 heteroatoms. The maximum Gasteiger partial charge on any atom is 0.146 e. The maximum absolute atomic E-state index is 13.6. The zero-order chi connectivity index (χ0) is 11.4. The summed E-state index contributed by atoms with van der Waals surface area (Å²) in [5.74, 6) is -0.251. The molecule has 0 aliphatic heterocycles. The molecule has 2 aromatic heterocycles. The van der Waals surface area contributed by atoms with Crippen LogP contribution in [0.1, 0.15) is 16.6 Å². The molecule has 2 rings (SSSR count). The molecule has 2 nitrogen and oxygen atoms in total. The number of rotatable bonds is 4. The van der Waals surface area contributed by atoms with Crippen LogP contribution in [0.15, 0.2) is 35.8 Å². The van der Waals surface area contributed by atoms with E-state index in [1.54, 1.807) is 23.6 Å². The Morgan fingerprint density at radius 3 is 2.94 bits per heavy atom. The summed E-state index contributed by atoms with van der Waals surface area (Å²) in [6, 6.07) is 7.04. The first-order valence-electron chi connectivity index (χ1n) is 5.11. The van der Waals surface area contributed by atoms with E-state index in [0.717, 1.165) is 6.42 Å². The van der Waals surface area contributed by atoms with Gasteiger partial charge in [-0.1, -0.05) is 6.07 Å². The summed E-state index contributed by atoms with van der Waals surface area (Å²) in [7, 11) is 1.83. The average Bonchev–Trinajstić information content (AvgIpc) is 2.80. The number of nitrogens with zero attached hydrogens (tertiary/aromatic N) is 1. The molecule has 0 amide bonds.